The Morgan fingerprint density at radius 1 is 1.23 bits per heavy atom. The van der Waals surface area contributed by atoms with E-state index in [4.69, 9.17) is 9.47 Å². The van der Waals surface area contributed by atoms with Gasteiger partial charge in [-0.05, 0) is 31.9 Å². The molecule has 1 unspecified atom stereocenters. The maximum atomic E-state index is 12.6. The average Bonchev–Trinajstić information content (AvgIpc) is 3.57. The first kappa shape index (κ1) is 21.3. The summed E-state index contributed by atoms with van der Waals surface area (Å²) in [6, 6.07) is 3.87. The molecule has 1 saturated carbocycles. The number of pyridine rings is 1. The number of carbonyl (C=O) groups is 2. The zero-order valence-corrected chi connectivity index (χ0v) is 16.4. The van der Waals surface area contributed by atoms with Gasteiger partial charge in [0.1, 0.15) is 5.69 Å². The van der Waals surface area contributed by atoms with E-state index in [0.29, 0.717) is 5.56 Å². The lowest BCUT2D eigenvalue weighted by Gasteiger charge is -2.17. The van der Waals surface area contributed by atoms with Gasteiger partial charge in [0.25, 0.3) is 12.3 Å². The molecule has 9 nitrogen and oxygen atoms in total. The molecule has 0 bridgehead atoms. The summed E-state index contributed by atoms with van der Waals surface area (Å²) in [5, 5.41) is 5.34. The molecule has 2 aromatic rings. The third-order valence-electron chi connectivity index (χ3n) is 4.30. The maximum Gasteiger partial charge on any atom is 0.272 e. The van der Waals surface area contributed by atoms with Gasteiger partial charge in [-0.1, -0.05) is 0 Å². The van der Waals surface area contributed by atoms with E-state index in [0.717, 1.165) is 12.8 Å². The number of anilines is 1. The van der Waals surface area contributed by atoms with Crippen LogP contribution in [0.2, 0.25) is 0 Å². The largest absolute Gasteiger partial charge is 0.481 e. The molecular formula is C19H21F2N5O4. The fraction of sp³-hybridized carbons (Fsp3) is 0.421. The Labute approximate surface area is 171 Å². The van der Waals surface area contributed by atoms with Gasteiger partial charge in [-0.2, -0.15) is 4.98 Å². The van der Waals surface area contributed by atoms with Gasteiger partial charge in [-0.25, -0.2) is 18.7 Å². The van der Waals surface area contributed by atoms with Gasteiger partial charge >= 0.3 is 0 Å². The number of alkyl halides is 2. The number of nitrogens with one attached hydrogen (secondary N) is 2. The highest BCUT2D eigenvalue weighted by atomic mass is 19.3. The Morgan fingerprint density at radius 3 is 2.67 bits per heavy atom. The van der Waals surface area contributed by atoms with Crippen molar-refractivity contribution in [3.05, 3.63) is 35.7 Å². The lowest BCUT2D eigenvalue weighted by molar-refractivity contribution is -0.117. The van der Waals surface area contributed by atoms with Gasteiger partial charge in [0.2, 0.25) is 23.6 Å². The number of ether oxygens (including phenoxy) is 2. The van der Waals surface area contributed by atoms with Gasteiger partial charge in [0.05, 0.1) is 13.2 Å². The lowest BCUT2D eigenvalue weighted by atomic mass is 10.1. The van der Waals surface area contributed by atoms with Crippen LogP contribution in [0.5, 0.6) is 11.8 Å². The number of aromatic nitrogens is 3. The van der Waals surface area contributed by atoms with E-state index in [9.17, 15) is 18.4 Å². The van der Waals surface area contributed by atoms with E-state index in [-0.39, 0.29) is 35.2 Å². The van der Waals surface area contributed by atoms with Crippen LogP contribution >= 0.6 is 0 Å². The molecule has 0 saturated heterocycles. The zero-order valence-electron chi connectivity index (χ0n) is 16.4. The van der Waals surface area contributed by atoms with Crippen molar-refractivity contribution in [3.63, 3.8) is 0 Å². The Morgan fingerprint density at radius 2 is 2.00 bits per heavy atom. The minimum absolute atomic E-state index is 0.0127. The topological polar surface area (TPSA) is 115 Å². The van der Waals surface area contributed by atoms with Crippen LogP contribution in [0.1, 0.15) is 41.9 Å². The highest BCUT2D eigenvalue weighted by Crippen LogP contribution is 2.30. The van der Waals surface area contributed by atoms with E-state index in [1.165, 1.54) is 25.4 Å². The molecule has 1 fully saturated rings. The molecule has 2 N–H and O–H groups in total. The van der Waals surface area contributed by atoms with Crippen LogP contribution < -0.4 is 20.1 Å². The van der Waals surface area contributed by atoms with Crippen molar-refractivity contribution in [2.45, 2.75) is 32.2 Å². The monoisotopic (exact) mass is 421 g/mol. The molecule has 1 aliphatic carbocycles. The summed E-state index contributed by atoms with van der Waals surface area (Å²) in [7, 11) is 1.37. The highest BCUT2D eigenvalue weighted by Gasteiger charge is 2.30. The van der Waals surface area contributed by atoms with E-state index >= 15 is 0 Å². The van der Waals surface area contributed by atoms with Crippen molar-refractivity contribution in [1.29, 1.82) is 0 Å². The van der Waals surface area contributed by atoms with Gasteiger partial charge in [-0.15, -0.1) is 0 Å². The van der Waals surface area contributed by atoms with Crippen molar-refractivity contribution in [3.8, 4) is 11.8 Å². The molecule has 1 atom stereocenters. The summed E-state index contributed by atoms with van der Waals surface area (Å²) < 4.78 is 34.7. The molecule has 0 radical (unpaired) electrons. The number of carbonyl (C=O) groups excluding carboxylic acids is 2. The molecule has 30 heavy (non-hydrogen) atoms. The van der Waals surface area contributed by atoms with Crippen molar-refractivity contribution in [1.82, 2.24) is 20.3 Å². The molecule has 11 heteroatoms. The van der Waals surface area contributed by atoms with E-state index in [1.54, 1.807) is 13.0 Å². The summed E-state index contributed by atoms with van der Waals surface area (Å²) in [5.74, 6) is -0.487. The quantitative estimate of drug-likeness (QED) is 0.639. The molecule has 0 spiro atoms. The first-order valence-electron chi connectivity index (χ1n) is 9.28. The molecular weight excluding hydrogens is 400 g/mol. The third-order valence-corrected chi connectivity index (χ3v) is 4.30. The summed E-state index contributed by atoms with van der Waals surface area (Å²) in [6.45, 7) is 0.920. The smallest absolute Gasteiger partial charge is 0.272 e. The van der Waals surface area contributed by atoms with Gasteiger partial charge < -0.3 is 14.8 Å². The van der Waals surface area contributed by atoms with Crippen molar-refractivity contribution < 1.29 is 27.8 Å². The van der Waals surface area contributed by atoms with Crippen LogP contribution in [0.4, 0.5) is 14.7 Å². The molecule has 2 amide bonds. The Bertz CT molecular complexity index is 924. The molecule has 2 heterocycles. The minimum Gasteiger partial charge on any atom is -0.481 e. The normalized spacial score (nSPS) is 14.2. The van der Waals surface area contributed by atoms with Crippen LogP contribution in [-0.2, 0) is 4.79 Å². The number of hydrogen-bond acceptors (Lipinski definition) is 7. The molecule has 1 aliphatic rings. The number of rotatable bonds is 9. The molecule has 3 rings (SSSR count). The Kier molecular flexibility index (Phi) is 6.70. The van der Waals surface area contributed by atoms with Crippen LogP contribution in [0.15, 0.2) is 24.4 Å². The second-order valence-corrected chi connectivity index (χ2v) is 6.67. The van der Waals surface area contributed by atoms with Crippen LogP contribution in [0, 0.1) is 5.92 Å². The molecule has 2 aromatic heterocycles. The van der Waals surface area contributed by atoms with Gasteiger partial charge in [-0.3, -0.25) is 14.9 Å². The predicted molar refractivity (Wildman–Crippen MR) is 102 cm³/mol. The summed E-state index contributed by atoms with van der Waals surface area (Å²) in [5.41, 5.74) is 0.596. The van der Waals surface area contributed by atoms with E-state index in [2.05, 4.69) is 25.6 Å². The third kappa shape index (κ3) is 5.58. The maximum absolute atomic E-state index is 12.6. The second kappa shape index (κ2) is 9.42. The Hall–Kier alpha value is -3.37. The fourth-order valence-corrected chi connectivity index (χ4v) is 2.61. The number of amides is 2. The molecule has 0 aromatic carbocycles. The van der Waals surface area contributed by atoms with E-state index < -0.39 is 25.0 Å². The van der Waals surface area contributed by atoms with E-state index in [1.807, 2.05) is 0 Å². The zero-order chi connectivity index (χ0) is 21.7. The fourth-order valence-electron chi connectivity index (χ4n) is 2.61. The molecule has 0 aliphatic heterocycles. The number of methoxy groups -OCH3 is 1. The standard InChI is InChI=1S/C19H21F2N5O4/c1-10(12-5-6-15(25-18(12)29-2)30-9-14(20)21)23-17(28)13-7-8-22-19(24-13)26-16(27)11-3-4-11/h5-8,10-11,14H,3-4,9H2,1-2H3,(H,23,28)(H,22,24,26,27). The van der Waals surface area contributed by atoms with Crippen molar-refractivity contribution in [2.24, 2.45) is 5.92 Å². The minimum atomic E-state index is -2.62. The summed E-state index contributed by atoms with van der Waals surface area (Å²) in [6.07, 6.45) is 0.436. The van der Waals surface area contributed by atoms with Gasteiger partial charge in [0.15, 0.2) is 6.61 Å². The van der Waals surface area contributed by atoms with Crippen LogP contribution in [0.25, 0.3) is 0 Å². The number of halogens is 2. The highest BCUT2D eigenvalue weighted by molar-refractivity contribution is 5.95. The number of nitrogens with zero attached hydrogens (tertiary/aromatic N) is 3. The summed E-state index contributed by atoms with van der Waals surface area (Å²) >= 11 is 0. The number of hydrogen-bond donors (Lipinski definition) is 2. The first-order chi connectivity index (χ1) is 14.4. The van der Waals surface area contributed by atoms with Crippen molar-refractivity contribution >= 4 is 17.8 Å². The summed E-state index contributed by atoms with van der Waals surface area (Å²) in [4.78, 5) is 36.5. The SMILES string of the molecule is COc1nc(OCC(F)F)ccc1C(C)NC(=O)c1ccnc(NC(=O)C2CC2)n1. The second-order valence-electron chi connectivity index (χ2n) is 6.67. The average molecular weight is 421 g/mol. The lowest BCUT2D eigenvalue weighted by Crippen LogP contribution is -2.28. The molecule has 160 valence electrons. The Balaban J connectivity index is 1.66. The van der Waals surface area contributed by atoms with Crippen LogP contribution in [-0.4, -0.2) is 46.9 Å². The van der Waals surface area contributed by atoms with Crippen molar-refractivity contribution in [2.75, 3.05) is 19.0 Å². The van der Waals surface area contributed by atoms with Gasteiger partial charge in [0, 0.05) is 23.7 Å². The van der Waals surface area contributed by atoms with Crippen LogP contribution in [0.3, 0.4) is 0 Å². The predicted octanol–water partition coefficient (Wildman–Crippen LogP) is 2.36. The first-order valence-corrected chi connectivity index (χ1v) is 9.28.